The molecule has 3 N–H and O–H groups in total. The van der Waals surface area contributed by atoms with Crippen LogP contribution in [0.3, 0.4) is 0 Å². The number of hydrogen-bond acceptors (Lipinski definition) is 6. The van der Waals surface area contributed by atoms with E-state index in [-0.39, 0.29) is 0 Å². The number of ether oxygens (including phenoxy) is 2. The lowest BCUT2D eigenvalue weighted by Crippen LogP contribution is -2.54. The quantitative estimate of drug-likeness (QED) is 0.534. The standard InChI is InChI=1S/C26H31N3O7/c1-15(28-24(33)36-26(2,3)4)22(30)27-14-20(23(31)32)29(25(34)35-5)21-18-12-8-6-10-16(18)17-11-7-9-13-19(17)21/h6-13,15,20-21H,14H2,1-5H3,(H,27,30)(H,28,33)(H,31,32)/t15-,20-/m0/s1. The molecule has 0 aliphatic heterocycles. The Bertz CT molecular complexity index is 1110. The summed E-state index contributed by atoms with van der Waals surface area (Å²) in [6.07, 6.45) is -1.64. The van der Waals surface area contributed by atoms with Crippen molar-refractivity contribution in [2.24, 2.45) is 0 Å². The van der Waals surface area contributed by atoms with E-state index in [2.05, 4.69) is 10.6 Å². The lowest BCUT2D eigenvalue weighted by molar-refractivity contribution is -0.143. The summed E-state index contributed by atoms with van der Waals surface area (Å²) >= 11 is 0. The molecule has 1 aliphatic rings. The number of alkyl carbamates (subject to hydrolysis) is 1. The minimum Gasteiger partial charge on any atom is -0.480 e. The van der Waals surface area contributed by atoms with Crippen LogP contribution in [0.1, 0.15) is 44.9 Å². The van der Waals surface area contributed by atoms with E-state index < -0.39 is 54.3 Å². The topological polar surface area (TPSA) is 134 Å². The molecular formula is C26H31N3O7. The van der Waals surface area contributed by atoms with E-state index in [1.807, 2.05) is 48.5 Å². The summed E-state index contributed by atoms with van der Waals surface area (Å²) in [5.41, 5.74) is 2.53. The van der Waals surface area contributed by atoms with Crippen LogP contribution in [-0.4, -0.2) is 65.4 Å². The van der Waals surface area contributed by atoms with Crippen LogP contribution in [0.25, 0.3) is 11.1 Å². The van der Waals surface area contributed by atoms with Crippen molar-refractivity contribution in [1.82, 2.24) is 15.5 Å². The predicted octanol–water partition coefficient (Wildman–Crippen LogP) is 3.31. The summed E-state index contributed by atoms with van der Waals surface area (Å²) in [7, 11) is 1.17. The van der Waals surface area contributed by atoms with Gasteiger partial charge in [-0.25, -0.2) is 14.4 Å². The highest BCUT2D eigenvalue weighted by Crippen LogP contribution is 2.47. The van der Waals surface area contributed by atoms with E-state index in [4.69, 9.17) is 9.47 Å². The molecular weight excluding hydrogens is 466 g/mol. The number of carbonyl (C=O) groups excluding carboxylic acids is 3. The van der Waals surface area contributed by atoms with Crippen molar-refractivity contribution in [3.05, 3.63) is 59.7 Å². The Morgan fingerprint density at radius 3 is 2.00 bits per heavy atom. The van der Waals surface area contributed by atoms with E-state index in [1.165, 1.54) is 14.0 Å². The number of nitrogens with one attached hydrogen (secondary N) is 2. The second-order valence-electron chi connectivity index (χ2n) is 9.42. The third-order valence-corrected chi connectivity index (χ3v) is 5.68. The van der Waals surface area contributed by atoms with Crippen LogP contribution < -0.4 is 10.6 Å². The molecule has 0 saturated heterocycles. The van der Waals surface area contributed by atoms with Crippen molar-refractivity contribution < 1.29 is 33.8 Å². The number of carboxylic acids is 1. The van der Waals surface area contributed by atoms with Gasteiger partial charge in [0, 0.05) is 6.54 Å². The number of rotatable bonds is 7. The van der Waals surface area contributed by atoms with E-state index in [1.54, 1.807) is 20.8 Å². The third-order valence-electron chi connectivity index (χ3n) is 5.68. The van der Waals surface area contributed by atoms with Crippen molar-refractivity contribution in [2.45, 2.75) is 51.4 Å². The van der Waals surface area contributed by atoms with E-state index >= 15 is 0 Å². The number of nitrogens with zero attached hydrogens (tertiary/aromatic N) is 1. The van der Waals surface area contributed by atoms with Gasteiger partial charge >= 0.3 is 18.2 Å². The van der Waals surface area contributed by atoms with Crippen molar-refractivity contribution in [3.63, 3.8) is 0 Å². The zero-order chi connectivity index (χ0) is 26.6. The summed E-state index contributed by atoms with van der Waals surface area (Å²) in [6, 6.07) is 11.6. The lowest BCUT2D eigenvalue weighted by Gasteiger charge is -2.34. The molecule has 10 nitrogen and oxygen atoms in total. The van der Waals surface area contributed by atoms with Gasteiger partial charge in [-0.15, -0.1) is 0 Å². The average Bonchev–Trinajstić information content (AvgIpc) is 3.13. The van der Waals surface area contributed by atoms with Gasteiger partial charge in [0.15, 0.2) is 6.04 Å². The number of fused-ring (bicyclic) bond motifs is 3. The van der Waals surface area contributed by atoms with Crippen molar-refractivity contribution >= 4 is 24.1 Å². The lowest BCUT2D eigenvalue weighted by atomic mass is 10.0. The summed E-state index contributed by atoms with van der Waals surface area (Å²) in [5.74, 6) is -1.96. The van der Waals surface area contributed by atoms with Gasteiger partial charge in [0.05, 0.1) is 13.2 Å². The molecule has 3 amide bonds. The molecule has 36 heavy (non-hydrogen) atoms. The molecule has 0 unspecified atom stereocenters. The smallest absolute Gasteiger partial charge is 0.411 e. The van der Waals surface area contributed by atoms with E-state index in [0.717, 1.165) is 27.2 Å². The molecule has 2 atom stereocenters. The van der Waals surface area contributed by atoms with Gasteiger partial charge in [-0.3, -0.25) is 9.69 Å². The predicted molar refractivity (Wildman–Crippen MR) is 131 cm³/mol. The van der Waals surface area contributed by atoms with Gasteiger partial charge in [-0.1, -0.05) is 48.5 Å². The van der Waals surface area contributed by atoms with Crippen LogP contribution in [0.2, 0.25) is 0 Å². The molecule has 0 saturated carbocycles. The van der Waals surface area contributed by atoms with Crippen LogP contribution >= 0.6 is 0 Å². The number of amides is 3. The Balaban J connectivity index is 1.85. The highest BCUT2D eigenvalue weighted by Gasteiger charge is 2.42. The Morgan fingerprint density at radius 1 is 1.00 bits per heavy atom. The molecule has 0 aromatic heterocycles. The first-order valence-electron chi connectivity index (χ1n) is 11.5. The monoisotopic (exact) mass is 497 g/mol. The zero-order valence-electron chi connectivity index (χ0n) is 20.9. The molecule has 0 spiro atoms. The van der Waals surface area contributed by atoms with Crippen LogP contribution in [-0.2, 0) is 19.1 Å². The van der Waals surface area contributed by atoms with Crippen molar-refractivity contribution in [2.75, 3.05) is 13.7 Å². The Labute approximate surface area is 209 Å². The van der Waals surface area contributed by atoms with Crippen molar-refractivity contribution in [1.29, 1.82) is 0 Å². The second-order valence-corrected chi connectivity index (χ2v) is 9.42. The molecule has 0 radical (unpaired) electrons. The molecule has 0 heterocycles. The maximum Gasteiger partial charge on any atom is 0.411 e. The van der Waals surface area contributed by atoms with Gasteiger partial charge < -0.3 is 25.2 Å². The first-order valence-corrected chi connectivity index (χ1v) is 11.5. The summed E-state index contributed by atoms with van der Waals surface area (Å²) in [6.45, 7) is 6.10. The summed E-state index contributed by atoms with van der Waals surface area (Å²) in [4.78, 5) is 51.1. The van der Waals surface area contributed by atoms with Crippen LogP contribution in [0, 0.1) is 0 Å². The number of carbonyl (C=O) groups is 4. The number of benzene rings is 2. The van der Waals surface area contributed by atoms with Gasteiger partial charge in [-0.05, 0) is 49.9 Å². The van der Waals surface area contributed by atoms with Gasteiger partial charge in [-0.2, -0.15) is 0 Å². The largest absolute Gasteiger partial charge is 0.480 e. The molecule has 0 fully saturated rings. The molecule has 2 aromatic carbocycles. The number of methoxy groups -OCH3 is 1. The summed E-state index contributed by atoms with van der Waals surface area (Å²) < 4.78 is 10.1. The van der Waals surface area contributed by atoms with Crippen LogP contribution in [0.5, 0.6) is 0 Å². The fourth-order valence-corrected chi connectivity index (χ4v) is 4.15. The van der Waals surface area contributed by atoms with E-state index in [9.17, 15) is 24.3 Å². The fraction of sp³-hybridized carbons (Fsp3) is 0.385. The molecule has 3 rings (SSSR count). The minimum atomic E-state index is -1.46. The third kappa shape index (κ3) is 5.76. The highest BCUT2D eigenvalue weighted by atomic mass is 16.6. The van der Waals surface area contributed by atoms with Crippen LogP contribution in [0.15, 0.2) is 48.5 Å². The molecule has 10 heteroatoms. The Morgan fingerprint density at radius 2 is 1.53 bits per heavy atom. The first-order chi connectivity index (χ1) is 16.9. The van der Waals surface area contributed by atoms with Gasteiger partial charge in [0.25, 0.3) is 0 Å². The van der Waals surface area contributed by atoms with E-state index in [0.29, 0.717) is 0 Å². The second kappa shape index (κ2) is 10.7. The Kier molecular flexibility index (Phi) is 7.87. The summed E-state index contributed by atoms with van der Waals surface area (Å²) in [5, 5.41) is 15.0. The minimum absolute atomic E-state index is 0.412. The highest BCUT2D eigenvalue weighted by molar-refractivity contribution is 5.88. The normalized spacial score (nSPS) is 14.0. The Hall–Kier alpha value is -4.08. The maximum atomic E-state index is 13.0. The maximum absolute atomic E-state index is 13.0. The molecule has 2 aromatic rings. The number of hydrogen-bond donors (Lipinski definition) is 3. The van der Waals surface area contributed by atoms with Crippen LogP contribution in [0.4, 0.5) is 9.59 Å². The zero-order valence-corrected chi connectivity index (χ0v) is 20.9. The molecule has 192 valence electrons. The fourth-order valence-electron chi connectivity index (χ4n) is 4.15. The van der Waals surface area contributed by atoms with Gasteiger partial charge in [0.1, 0.15) is 11.6 Å². The SMILES string of the molecule is COC(=O)N(C1c2ccccc2-c2ccccc21)[C@@H](CNC(=O)[C@H](C)NC(=O)OC(C)(C)C)C(=O)O. The molecule has 0 bridgehead atoms. The first kappa shape index (κ1) is 26.5. The van der Waals surface area contributed by atoms with Crippen molar-refractivity contribution in [3.8, 4) is 11.1 Å². The van der Waals surface area contributed by atoms with Gasteiger partial charge in [0.2, 0.25) is 5.91 Å². The number of aliphatic carboxylic acids is 1. The molecule has 1 aliphatic carbocycles. The average molecular weight is 498 g/mol. The number of carboxylic acid groups (broad SMARTS) is 1.